The van der Waals surface area contributed by atoms with Crippen molar-refractivity contribution in [2.75, 3.05) is 37.8 Å². The van der Waals surface area contributed by atoms with E-state index in [2.05, 4.69) is 9.97 Å². The lowest BCUT2D eigenvalue weighted by Gasteiger charge is -2.24. The number of anilines is 1. The first-order chi connectivity index (χ1) is 14.8. The molecule has 0 bridgehead atoms. The monoisotopic (exact) mass is 433 g/mol. The van der Waals surface area contributed by atoms with Crippen LogP contribution in [0.1, 0.15) is 5.56 Å². The molecule has 0 spiro atoms. The third-order valence-electron chi connectivity index (χ3n) is 4.87. The Kier molecular flexibility index (Phi) is 7.10. The van der Waals surface area contributed by atoms with Gasteiger partial charge in [0.25, 0.3) is 5.56 Å². The molecule has 3 rings (SSSR count). The standard InChI is InChI=1S/C20H27N5O6/c1-13-3-5-15(6-4-13)31-12-14(28)11-25-16-17(23(2)20(30)22-18(16)29)21-19(25)24(7-9-26)8-10-27/h3-6,14,26-28H,7-12H2,1-2H3,(H,22,29,30). The van der Waals surface area contributed by atoms with Crippen LogP contribution < -0.4 is 20.9 Å². The highest BCUT2D eigenvalue weighted by molar-refractivity contribution is 5.74. The van der Waals surface area contributed by atoms with Crippen molar-refractivity contribution in [1.29, 1.82) is 0 Å². The average molecular weight is 433 g/mol. The molecule has 31 heavy (non-hydrogen) atoms. The van der Waals surface area contributed by atoms with Crippen molar-refractivity contribution in [2.45, 2.75) is 19.6 Å². The number of nitrogens with zero attached hydrogens (tertiary/aromatic N) is 4. The molecule has 0 fully saturated rings. The summed E-state index contributed by atoms with van der Waals surface area (Å²) >= 11 is 0. The molecule has 0 aliphatic rings. The van der Waals surface area contributed by atoms with Crippen molar-refractivity contribution in [3.63, 3.8) is 0 Å². The zero-order valence-electron chi connectivity index (χ0n) is 17.5. The number of rotatable bonds is 10. The quantitative estimate of drug-likeness (QED) is 0.317. The van der Waals surface area contributed by atoms with E-state index >= 15 is 0 Å². The minimum absolute atomic E-state index is 0.0359. The molecule has 1 unspecified atom stereocenters. The van der Waals surface area contributed by atoms with Gasteiger partial charge >= 0.3 is 5.69 Å². The molecular formula is C20H27N5O6. The normalized spacial score (nSPS) is 12.3. The topological polar surface area (TPSA) is 146 Å². The van der Waals surface area contributed by atoms with Crippen LogP contribution in [-0.2, 0) is 13.6 Å². The van der Waals surface area contributed by atoms with Crippen LogP contribution in [0.25, 0.3) is 11.2 Å². The van der Waals surface area contributed by atoms with E-state index in [-0.39, 0.29) is 56.6 Å². The van der Waals surface area contributed by atoms with Gasteiger partial charge in [-0.15, -0.1) is 0 Å². The van der Waals surface area contributed by atoms with Gasteiger partial charge in [-0.2, -0.15) is 4.98 Å². The molecule has 11 nitrogen and oxygen atoms in total. The smallest absolute Gasteiger partial charge is 0.329 e. The highest BCUT2D eigenvalue weighted by Gasteiger charge is 2.23. The number of fused-ring (bicyclic) bond motifs is 1. The number of H-pyrrole nitrogens is 1. The van der Waals surface area contributed by atoms with E-state index in [4.69, 9.17) is 4.74 Å². The van der Waals surface area contributed by atoms with E-state index < -0.39 is 17.4 Å². The second-order valence-corrected chi connectivity index (χ2v) is 7.23. The van der Waals surface area contributed by atoms with E-state index in [1.165, 1.54) is 16.2 Å². The third-order valence-corrected chi connectivity index (χ3v) is 4.87. The lowest BCUT2D eigenvalue weighted by Crippen LogP contribution is -2.34. The summed E-state index contributed by atoms with van der Waals surface area (Å²) < 4.78 is 8.30. The number of aliphatic hydroxyl groups excluding tert-OH is 3. The number of aryl methyl sites for hydroxylation is 2. The molecular weight excluding hydrogens is 406 g/mol. The predicted octanol–water partition coefficient (Wildman–Crippen LogP) is -1.04. The van der Waals surface area contributed by atoms with Crippen molar-refractivity contribution in [1.82, 2.24) is 19.1 Å². The van der Waals surface area contributed by atoms with Gasteiger partial charge in [-0.05, 0) is 19.1 Å². The van der Waals surface area contributed by atoms with E-state index in [9.17, 15) is 24.9 Å². The summed E-state index contributed by atoms with van der Waals surface area (Å²) in [5.74, 6) is 0.849. The Hall–Kier alpha value is -3.15. The summed E-state index contributed by atoms with van der Waals surface area (Å²) in [6.45, 7) is 1.74. The van der Waals surface area contributed by atoms with Crippen LogP contribution in [0.15, 0.2) is 33.9 Å². The van der Waals surface area contributed by atoms with Crippen molar-refractivity contribution < 1.29 is 20.1 Å². The second-order valence-electron chi connectivity index (χ2n) is 7.23. The van der Waals surface area contributed by atoms with Gasteiger partial charge < -0.3 is 29.5 Å². The molecule has 0 saturated carbocycles. The summed E-state index contributed by atoms with van der Waals surface area (Å²) in [6.07, 6.45) is -1.00. The molecule has 0 radical (unpaired) electrons. The Bertz CT molecular complexity index is 1130. The largest absolute Gasteiger partial charge is 0.491 e. The number of aromatic amines is 1. The Morgan fingerprint density at radius 3 is 2.42 bits per heavy atom. The van der Waals surface area contributed by atoms with Gasteiger partial charge in [0.1, 0.15) is 18.5 Å². The summed E-state index contributed by atoms with van der Waals surface area (Å²) in [5.41, 5.74) is 0.0630. The molecule has 0 aliphatic heterocycles. The van der Waals surface area contributed by atoms with E-state index in [1.807, 2.05) is 19.1 Å². The Morgan fingerprint density at radius 2 is 1.81 bits per heavy atom. The van der Waals surface area contributed by atoms with Crippen molar-refractivity contribution >= 4 is 17.1 Å². The summed E-state index contributed by atoms with van der Waals surface area (Å²) in [4.78, 5) is 32.8. The molecule has 2 aromatic heterocycles. The number of nitrogens with one attached hydrogen (secondary N) is 1. The minimum atomic E-state index is -1.00. The number of benzene rings is 1. The molecule has 4 N–H and O–H groups in total. The fraction of sp³-hybridized carbons (Fsp3) is 0.450. The lowest BCUT2D eigenvalue weighted by atomic mass is 10.2. The second kappa shape index (κ2) is 9.77. The number of imidazole rings is 1. The molecule has 3 aromatic rings. The molecule has 11 heteroatoms. The number of hydrogen-bond acceptors (Lipinski definition) is 8. The molecule has 2 heterocycles. The van der Waals surface area contributed by atoms with Crippen LogP contribution in [0.2, 0.25) is 0 Å². The summed E-state index contributed by atoms with van der Waals surface area (Å²) in [7, 11) is 1.47. The third kappa shape index (κ3) is 4.95. The summed E-state index contributed by atoms with van der Waals surface area (Å²) in [5, 5.41) is 29.4. The maximum absolute atomic E-state index is 12.6. The predicted molar refractivity (Wildman–Crippen MR) is 115 cm³/mol. The lowest BCUT2D eigenvalue weighted by molar-refractivity contribution is 0.0935. The zero-order chi connectivity index (χ0) is 22.5. The first-order valence-corrected chi connectivity index (χ1v) is 9.89. The van der Waals surface area contributed by atoms with Gasteiger partial charge in [0.2, 0.25) is 5.95 Å². The first-order valence-electron chi connectivity index (χ1n) is 9.89. The Balaban J connectivity index is 1.96. The van der Waals surface area contributed by atoms with Crippen LogP contribution in [0.5, 0.6) is 5.75 Å². The number of aliphatic hydroxyl groups is 3. The highest BCUT2D eigenvalue weighted by Crippen LogP contribution is 2.20. The van der Waals surface area contributed by atoms with Gasteiger partial charge in [0.05, 0.1) is 19.8 Å². The fourth-order valence-electron chi connectivity index (χ4n) is 3.28. The van der Waals surface area contributed by atoms with Crippen LogP contribution in [-0.4, -0.2) is 73.4 Å². The number of hydrogen-bond donors (Lipinski definition) is 4. The Labute approximate surface area is 177 Å². The SMILES string of the molecule is Cc1ccc(OCC(O)Cn2c(N(CCO)CCO)nc3c2c(=O)[nH]c(=O)n3C)cc1. The molecule has 1 aromatic carbocycles. The molecule has 0 saturated heterocycles. The maximum Gasteiger partial charge on any atom is 0.329 e. The van der Waals surface area contributed by atoms with Gasteiger partial charge in [0, 0.05) is 20.1 Å². The summed E-state index contributed by atoms with van der Waals surface area (Å²) in [6, 6.07) is 7.38. The zero-order valence-corrected chi connectivity index (χ0v) is 17.5. The van der Waals surface area contributed by atoms with Gasteiger partial charge in [0.15, 0.2) is 11.2 Å². The van der Waals surface area contributed by atoms with E-state index in [1.54, 1.807) is 17.0 Å². The average Bonchev–Trinajstić information content (AvgIpc) is 3.11. The molecule has 0 aliphatic carbocycles. The van der Waals surface area contributed by atoms with E-state index in [0.717, 1.165) is 5.56 Å². The van der Waals surface area contributed by atoms with Crippen molar-refractivity contribution in [3.8, 4) is 5.75 Å². The van der Waals surface area contributed by atoms with Crippen LogP contribution >= 0.6 is 0 Å². The van der Waals surface area contributed by atoms with Crippen molar-refractivity contribution in [2.24, 2.45) is 7.05 Å². The van der Waals surface area contributed by atoms with Crippen LogP contribution in [0.4, 0.5) is 5.95 Å². The van der Waals surface area contributed by atoms with Gasteiger partial charge in [-0.3, -0.25) is 14.3 Å². The maximum atomic E-state index is 12.6. The first kappa shape index (κ1) is 22.5. The minimum Gasteiger partial charge on any atom is -0.491 e. The molecule has 1 atom stereocenters. The van der Waals surface area contributed by atoms with E-state index in [0.29, 0.717) is 5.75 Å². The van der Waals surface area contributed by atoms with Crippen LogP contribution in [0, 0.1) is 6.92 Å². The van der Waals surface area contributed by atoms with Crippen molar-refractivity contribution in [3.05, 3.63) is 50.7 Å². The molecule has 0 amide bonds. The highest BCUT2D eigenvalue weighted by atomic mass is 16.5. The van der Waals surface area contributed by atoms with Gasteiger partial charge in [-0.25, -0.2) is 4.79 Å². The number of ether oxygens (including phenoxy) is 1. The molecule has 168 valence electrons. The number of aromatic nitrogens is 4. The van der Waals surface area contributed by atoms with Crippen LogP contribution in [0.3, 0.4) is 0 Å². The fourth-order valence-corrected chi connectivity index (χ4v) is 3.28. The Morgan fingerprint density at radius 1 is 1.16 bits per heavy atom. The van der Waals surface area contributed by atoms with Gasteiger partial charge in [-0.1, -0.05) is 17.7 Å².